The normalized spacial score (nSPS) is 12.8. The molecule has 0 aliphatic rings. The number of aromatic amines is 1. The zero-order valence-electron chi connectivity index (χ0n) is 11.8. The van der Waals surface area contributed by atoms with Gasteiger partial charge < -0.3 is 4.57 Å². The van der Waals surface area contributed by atoms with E-state index in [0.717, 1.165) is 11.6 Å². The van der Waals surface area contributed by atoms with Gasteiger partial charge in [-0.15, -0.1) is 6.58 Å². The lowest BCUT2D eigenvalue weighted by molar-refractivity contribution is 0.636. The molecule has 0 aliphatic heterocycles. The molecule has 1 unspecified atom stereocenters. The van der Waals surface area contributed by atoms with E-state index < -0.39 is 5.69 Å². The summed E-state index contributed by atoms with van der Waals surface area (Å²) in [7, 11) is 1.61. The molecule has 0 amide bonds. The monoisotopic (exact) mass is 294 g/mol. The van der Waals surface area contributed by atoms with Gasteiger partial charge in [-0.1, -0.05) is 24.8 Å². The van der Waals surface area contributed by atoms with Crippen LogP contribution in [0.2, 0.25) is 0 Å². The second-order valence-corrected chi connectivity index (χ2v) is 5.94. The van der Waals surface area contributed by atoms with Gasteiger partial charge in [0.05, 0.1) is 0 Å². The summed E-state index contributed by atoms with van der Waals surface area (Å²) in [6, 6.07) is 0. The molecule has 6 nitrogen and oxygen atoms in total. The summed E-state index contributed by atoms with van der Waals surface area (Å²) in [5.41, 5.74) is 0.0396. The molecule has 108 valence electrons. The number of hydrogen-bond acceptors (Lipinski definition) is 4. The smallest absolute Gasteiger partial charge is 0.313 e. The van der Waals surface area contributed by atoms with E-state index in [-0.39, 0.29) is 10.8 Å². The van der Waals surface area contributed by atoms with Gasteiger partial charge in [-0.3, -0.25) is 14.3 Å². The summed E-state index contributed by atoms with van der Waals surface area (Å²) in [6.45, 7) is 8.48. The number of hydrogen-bond donors (Lipinski definition) is 1. The van der Waals surface area contributed by atoms with E-state index in [9.17, 15) is 9.59 Å². The molecule has 2 aromatic heterocycles. The Morgan fingerprint density at radius 2 is 2.20 bits per heavy atom. The Labute approximate surface area is 120 Å². The van der Waals surface area contributed by atoms with Crippen molar-refractivity contribution >= 4 is 22.9 Å². The van der Waals surface area contributed by atoms with Crippen LogP contribution < -0.4 is 11.2 Å². The van der Waals surface area contributed by atoms with Crippen LogP contribution in [0.1, 0.15) is 20.3 Å². The zero-order valence-corrected chi connectivity index (χ0v) is 12.7. The molecule has 0 aromatic carbocycles. The van der Waals surface area contributed by atoms with Gasteiger partial charge in [-0.25, -0.2) is 9.78 Å². The Kier molecular flexibility index (Phi) is 4.17. The number of rotatable bonds is 5. The molecule has 0 radical (unpaired) electrons. The van der Waals surface area contributed by atoms with E-state index in [2.05, 4.69) is 16.5 Å². The predicted octanol–water partition coefficient (Wildman–Crippen LogP) is 1.50. The molecule has 1 atom stereocenters. The highest BCUT2D eigenvalue weighted by Gasteiger charge is 2.18. The first-order valence-corrected chi connectivity index (χ1v) is 7.36. The van der Waals surface area contributed by atoms with Crippen molar-refractivity contribution in [3.05, 3.63) is 33.5 Å². The molecule has 2 rings (SSSR count). The Balaban J connectivity index is 2.75. The molecule has 1 N–H and O–H groups in total. The van der Waals surface area contributed by atoms with E-state index in [1.165, 1.54) is 16.3 Å². The molecular formula is C13H18N4O2S. The van der Waals surface area contributed by atoms with Crippen LogP contribution in [0.25, 0.3) is 11.2 Å². The molecule has 0 saturated carbocycles. The average Bonchev–Trinajstić information content (AvgIpc) is 2.76. The molecule has 2 aromatic rings. The Hall–Kier alpha value is -1.76. The fourth-order valence-electron chi connectivity index (χ4n) is 1.95. The van der Waals surface area contributed by atoms with Gasteiger partial charge >= 0.3 is 5.69 Å². The average molecular weight is 294 g/mol. The van der Waals surface area contributed by atoms with Crippen LogP contribution in [0.4, 0.5) is 0 Å². The highest BCUT2D eigenvalue weighted by molar-refractivity contribution is 7.99. The second kappa shape index (κ2) is 5.70. The Morgan fingerprint density at radius 1 is 1.50 bits per heavy atom. The van der Waals surface area contributed by atoms with Crippen LogP contribution in [0, 0.1) is 0 Å². The van der Waals surface area contributed by atoms with Crippen LogP contribution in [0.3, 0.4) is 0 Å². The summed E-state index contributed by atoms with van der Waals surface area (Å²) >= 11 is 1.52. The zero-order chi connectivity index (χ0) is 14.9. The maximum Gasteiger partial charge on any atom is 0.329 e. The van der Waals surface area contributed by atoms with Gasteiger partial charge in [0, 0.05) is 18.8 Å². The third kappa shape index (κ3) is 2.45. The maximum absolute atomic E-state index is 12.1. The van der Waals surface area contributed by atoms with Crippen LogP contribution in [-0.4, -0.2) is 24.4 Å². The van der Waals surface area contributed by atoms with Crippen molar-refractivity contribution < 1.29 is 0 Å². The topological polar surface area (TPSA) is 72.7 Å². The van der Waals surface area contributed by atoms with Crippen LogP contribution in [0.5, 0.6) is 0 Å². The highest BCUT2D eigenvalue weighted by Crippen LogP contribution is 2.25. The number of H-pyrrole nitrogens is 1. The fraction of sp³-hybridized carbons (Fsp3) is 0.462. The van der Waals surface area contributed by atoms with Crippen LogP contribution in [0.15, 0.2) is 27.4 Å². The van der Waals surface area contributed by atoms with Crippen molar-refractivity contribution in [2.24, 2.45) is 7.05 Å². The molecule has 0 bridgehead atoms. The first kappa shape index (κ1) is 14.6. The SMILES string of the molecule is C=CC(C)Sc1nc2c(c(=O)[nH]c(=O)n2C)n1CCC. The van der Waals surface area contributed by atoms with E-state index in [4.69, 9.17) is 0 Å². The van der Waals surface area contributed by atoms with E-state index >= 15 is 0 Å². The third-order valence-electron chi connectivity index (χ3n) is 3.04. The Bertz CT molecular complexity index is 756. The van der Waals surface area contributed by atoms with Crippen molar-refractivity contribution in [1.82, 2.24) is 19.1 Å². The molecule has 20 heavy (non-hydrogen) atoms. The molecule has 7 heteroatoms. The third-order valence-corrected chi connectivity index (χ3v) is 4.13. The number of thioether (sulfide) groups is 1. The molecule has 0 aliphatic carbocycles. The number of aromatic nitrogens is 4. The van der Waals surface area contributed by atoms with E-state index in [1.54, 1.807) is 7.05 Å². The second-order valence-electron chi connectivity index (χ2n) is 4.60. The first-order chi connectivity index (χ1) is 9.49. The van der Waals surface area contributed by atoms with Gasteiger partial charge in [0.25, 0.3) is 5.56 Å². The van der Waals surface area contributed by atoms with Gasteiger partial charge in [0.15, 0.2) is 16.3 Å². The van der Waals surface area contributed by atoms with Gasteiger partial charge in [-0.2, -0.15) is 0 Å². The Morgan fingerprint density at radius 3 is 2.80 bits per heavy atom. The van der Waals surface area contributed by atoms with Crippen molar-refractivity contribution in [3.8, 4) is 0 Å². The minimum absolute atomic E-state index is 0.179. The minimum Gasteiger partial charge on any atom is -0.313 e. The molecule has 0 saturated heterocycles. The standard InChI is InChI=1S/C13H18N4O2S/c1-5-7-17-9-10(14-13(17)20-8(3)6-2)16(4)12(19)15-11(9)18/h6,8H,2,5,7H2,1,3-4H3,(H,15,18,19). The van der Waals surface area contributed by atoms with Crippen molar-refractivity contribution in [3.63, 3.8) is 0 Å². The summed E-state index contributed by atoms with van der Waals surface area (Å²) in [6.07, 6.45) is 2.70. The summed E-state index contributed by atoms with van der Waals surface area (Å²) in [4.78, 5) is 30.5. The van der Waals surface area contributed by atoms with E-state index in [1.807, 2.05) is 24.5 Å². The van der Waals surface area contributed by atoms with Crippen molar-refractivity contribution in [2.45, 2.75) is 37.2 Å². The maximum atomic E-state index is 12.1. The van der Waals surface area contributed by atoms with E-state index in [0.29, 0.717) is 17.7 Å². The number of nitrogens with zero attached hydrogens (tertiary/aromatic N) is 3. The first-order valence-electron chi connectivity index (χ1n) is 6.48. The van der Waals surface area contributed by atoms with Crippen molar-refractivity contribution in [2.75, 3.05) is 0 Å². The number of aryl methyl sites for hydroxylation is 2. The van der Waals surface area contributed by atoms with Crippen LogP contribution in [-0.2, 0) is 13.6 Å². The molecule has 0 fully saturated rings. The van der Waals surface area contributed by atoms with Gasteiger partial charge in [0.2, 0.25) is 0 Å². The predicted molar refractivity (Wildman–Crippen MR) is 81.4 cm³/mol. The highest BCUT2D eigenvalue weighted by atomic mass is 32.2. The quantitative estimate of drug-likeness (QED) is 0.670. The molecule has 2 heterocycles. The van der Waals surface area contributed by atoms with Gasteiger partial charge in [-0.05, 0) is 13.3 Å². The lowest BCUT2D eigenvalue weighted by atomic mass is 10.4. The fourth-order valence-corrected chi connectivity index (χ4v) is 2.83. The summed E-state index contributed by atoms with van der Waals surface area (Å²) in [5, 5.41) is 0.916. The van der Waals surface area contributed by atoms with Crippen LogP contribution >= 0.6 is 11.8 Å². The number of nitrogens with one attached hydrogen (secondary N) is 1. The molecular weight excluding hydrogens is 276 g/mol. The van der Waals surface area contributed by atoms with Crippen molar-refractivity contribution in [1.29, 1.82) is 0 Å². The minimum atomic E-state index is -0.447. The summed E-state index contributed by atoms with van der Waals surface area (Å²) in [5.74, 6) is 0. The lowest BCUT2D eigenvalue weighted by Gasteiger charge is -2.08. The number of imidazole rings is 1. The number of fused-ring (bicyclic) bond motifs is 1. The largest absolute Gasteiger partial charge is 0.329 e. The summed E-state index contributed by atoms with van der Waals surface area (Å²) < 4.78 is 3.24. The lowest BCUT2D eigenvalue weighted by Crippen LogP contribution is -2.29. The molecule has 0 spiro atoms. The van der Waals surface area contributed by atoms with Gasteiger partial charge in [0.1, 0.15) is 0 Å².